The summed E-state index contributed by atoms with van der Waals surface area (Å²) < 4.78 is 5.72. The highest BCUT2D eigenvalue weighted by Gasteiger charge is 2.39. The van der Waals surface area contributed by atoms with Gasteiger partial charge >= 0.3 is 6.09 Å². The molecule has 56 heavy (non-hydrogen) atoms. The number of pyridine rings is 1. The molecule has 0 spiro atoms. The van der Waals surface area contributed by atoms with Gasteiger partial charge in [-0.3, -0.25) is 14.4 Å². The summed E-state index contributed by atoms with van der Waals surface area (Å²) in [6, 6.07) is 10.1. The van der Waals surface area contributed by atoms with E-state index in [4.69, 9.17) is 24.7 Å². The Morgan fingerprint density at radius 2 is 1.43 bits per heavy atom. The standard InChI is InChI=1S/C40H46N10O5S/c1-19(2)30(41-21(5)51)38(52)49-17-8-10-29(49)36-44-25-15-16-26-34(33(25)47-36)56-37(45-26)27-12-11-22-23(42-27)13-14-24-32(22)46-35(43-24)28-9-7-18-50(28)39(53)31(20(3)4)48-40(54)55-6/h11-16,19-20,28-31,42H,7-10,17-18H2,1-6H3,(H,41,51)(H,44,47)(H,48,54)/t28-,29-,30-,31-/m0/s1. The minimum Gasteiger partial charge on any atom is -0.453 e. The van der Waals surface area contributed by atoms with Gasteiger partial charge in [-0.2, -0.15) is 0 Å². The summed E-state index contributed by atoms with van der Waals surface area (Å²) in [6.07, 6.45) is 2.55. The van der Waals surface area contributed by atoms with Crippen molar-refractivity contribution >= 4 is 78.3 Å². The summed E-state index contributed by atoms with van der Waals surface area (Å²) in [5.74, 6) is 0.671. The van der Waals surface area contributed by atoms with Crippen LogP contribution in [0.1, 0.15) is 84.0 Å². The first-order chi connectivity index (χ1) is 26.9. The van der Waals surface area contributed by atoms with Gasteiger partial charge in [-0.1, -0.05) is 27.7 Å². The van der Waals surface area contributed by atoms with Crippen LogP contribution in [0.2, 0.25) is 0 Å². The van der Waals surface area contributed by atoms with Gasteiger partial charge in [-0.05, 0) is 73.9 Å². The highest BCUT2D eigenvalue weighted by molar-refractivity contribution is 7.22. The number of methoxy groups -OCH3 is 1. The highest BCUT2D eigenvalue weighted by atomic mass is 32.1. The van der Waals surface area contributed by atoms with Gasteiger partial charge in [0.15, 0.2) is 5.82 Å². The number of H-pyrrole nitrogens is 2. The molecule has 2 fully saturated rings. The van der Waals surface area contributed by atoms with Crippen LogP contribution in [0.15, 0.2) is 36.4 Å². The van der Waals surface area contributed by atoms with E-state index in [0.717, 1.165) is 85.4 Å². The molecule has 4 aromatic heterocycles. The van der Waals surface area contributed by atoms with Gasteiger partial charge in [-0.25, -0.2) is 24.7 Å². The van der Waals surface area contributed by atoms with Crippen molar-refractivity contribution in [3.63, 3.8) is 0 Å². The number of hydrogen-bond donors (Lipinski definition) is 4. The number of imidazole rings is 2. The molecule has 4 N–H and O–H groups in total. The van der Waals surface area contributed by atoms with Crippen molar-refractivity contribution in [3.05, 3.63) is 48.0 Å². The Morgan fingerprint density at radius 3 is 2.12 bits per heavy atom. The van der Waals surface area contributed by atoms with E-state index < -0.39 is 18.2 Å². The van der Waals surface area contributed by atoms with Gasteiger partial charge in [0.05, 0.1) is 46.1 Å². The molecule has 8 rings (SSSR count). The summed E-state index contributed by atoms with van der Waals surface area (Å²) in [6.45, 7) is 10.3. The zero-order chi connectivity index (χ0) is 39.4. The Balaban J connectivity index is 1.07. The molecule has 16 heteroatoms. The van der Waals surface area contributed by atoms with E-state index in [1.807, 2.05) is 69.0 Å². The summed E-state index contributed by atoms with van der Waals surface area (Å²) in [5, 5.41) is 7.26. The van der Waals surface area contributed by atoms with Crippen LogP contribution in [0.3, 0.4) is 0 Å². The van der Waals surface area contributed by atoms with E-state index in [1.54, 1.807) is 16.2 Å². The largest absolute Gasteiger partial charge is 0.453 e. The van der Waals surface area contributed by atoms with Crippen molar-refractivity contribution in [2.24, 2.45) is 11.8 Å². The van der Waals surface area contributed by atoms with Gasteiger partial charge in [0.1, 0.15) is 33.9 Å². The van der Waals surface area contributed by atoms with Crippen LogP contribution < -0.4 is 10.6 Å². The van der Waals surface area contributed by atoms with Crippen LogP contribution in [-0.4, -0.2) is 95.8 Å². The lowest BCUT2D eigenvalue weighted by molar-refractivity contribution is -0.138. The topological polar surface area (TPSA) is 191 Å². The number of nitrogens with zero attached hydrogens (tertiary/aromatic N) is 6. The number of fused-ring (bicyclic) bond motifs is 6. The lowest BCUT2D eigenvalue weighted by Gasteiger charge is -2.30. The van der Waals surface area contributed by atoms with Gasteiger partial charge in [0, 0.05) is 30.9 Å². The normalized spacial score (nSPS) is 18.5. The molecule has 2 aliphatic rings. The van der Waals surface area contributed by atoms with Gasteiger partial charge in [0.2, 0.25) is 17.7 Å². The number of carbonyl (C=O) groups is 4. The maximum Gasteiger partial charge on any atom is 0.407 e. The fourth-order valence-corrected chi connectivity index (χ4v) is 9.16. The minimum atomic E-state index is -0.719. The first-order valence-corrected chi connectivity index (χ1v) is 20.0. The Bertz CT molecular complexity index is 2500. The molecular formula is C40H46N10O5S. The van der Waals surface area contributed by atoms with E-state index in [0.29, 0.717) is 18.9 Å². The first-order valence-electron chi connectivity index (χ1n) is 19.2. The average molecular weight is 779 g/mol. The SMILES string of the molecule is COC(=O)N[C@H](C(=O)N1CCC[C@H]1c1nc2ccc3[nH]c(-c4nc5ccc6[nH]c([C@@H]7CCCN7C(=O)[C@@H](NC(C)=O)C(C)C)nc6c5s4)ccc3c2n1)C(C)C. The van der Waals surface area contributed by atoms with Crippen molar-refractivity contribution in [3.8, 4) is 10.7 Å². The zero-order valence-electron chi connectivity index (χ0n) is 32.3. The lowest BCUT2D eigenvalue weighted by Crippen LogP contribution is -2.51. The average Bonchev–Trinajstić information content (AvgIpc) is 4.02. The third kappa shape index (κ3) is 6.69. The van der Waals surface area contributed by atoms with Gasteiger partial charge < -0.3 is 35.1 Å². The summed E-state index contributed by atoms with van der Waals surface area (Å²) >= 11 is 1.55. The number of thiazole rings is 1. The number of rotatable bonds is 9. The van der Waals surface area contributed by atoms with Gasteiger partial charge in [-0.15, -0.1) is 11.3 Å². The van der Waals surface area contributed by atoms with Crippen LogP contribution in [0.4, 0.5) is 4.79 Å². The second-order valence-electron chi connectivity index (χ2n) is 15.5. The molecule has 2 saturated heterocycles. The van der Waals surface area contributed by atoms with E-state index in [1.165, 1.54) is 14.0 Å². The fourth-order valence-electron chi connectivity index (χ4n) is 8.12. The van der Waals surface area contributed by atoms with Crippen molar-refractivity contribution < 1.29 is 23.9 Å². The molecule has 0 saturated carbocycles. The molecule has 292 valence electrons. The molecule has 6 heterocycles. The zero-order valence-corrected chi connectivity index (χ0v) is 33.1. The van der Waals surface area contributed by atoms with Crippen LogP contribution >= 0.6 is 11.3 Å². The molecule has 0 unspecified atom stereocenters. The number of ether oxygens (including phenoxy) is 1. The number of carbonyl (C=O) groups excluding carboxylic acids is 4. The molecule has 4 amide bonds. The molecule has 2 aromatic carbocycles. The maximum atomic E-state index is 13.7. The van der Waals surface area contributed by atoms with E-state index in [2.05, 4.69) is 20.6 Å². The summed E-state index contributed by atoms with van der Waals surface area (Å²) in [4.78, 5) is 81.9. The van der Waals surface area contributed by atoms with Crippen molar-refractivity contribution in [1.29, 1.82) is 0 Å². The summed E-state index contributed by atoms with van der Waals surface area (Å²) in [5.41, 5.74) is 5.73. The Kier molecular flexibility index (Phi) is 9.85. The molecule has 0 aliphatic carbocycles. The fraction of sp³-hybridized carbons (Fsp3) is 0.450. The van der Waals surface area contributed by atoms with E-state index >= 15 is 0 Å². The lowest BCUT2D eigenvalue weighted by atomic mass is 10.0. The first kappa shape index (κ1) is 37.3. The van der Waals surface area contributed by atoms with Crippen LogP contribution in [0, 0.1) is 11.8 Å². The quantitative estimate of drug-likeness (QED) is 0.134. The molecule has 0 bridgehead atoms. The van der Waals surface area contributed by atoms with E-state index in [9.17, 15) is 19.2 Å². The Hall–Kier alpha value is -5.64. The van der Waals surface area contributed by atoms with Crippen LogP contribution in [0.5, 0.6) is 0 Å². The third-order valence-corrected chi connectivity index (χ3v) is 12.1. The van der Waals surface area contributed by atoms with Crippen molar-refractivity contribution in [2.45, 2.75) is 84.5 Å². The van der Waals surface area contributed by atoms with Crippen LogP contribution in [0.25, 0.3) is 53.9 Å². The summed E-state index contributed by atoms with van der Waals surface area (Å²) in [7, 11) is 1.29. The number of alkyl carbamates (subject to hydrolysis) is 1. The van der Waals surface area contributed by atoms with Crippen molar-refractivity contribution in [2.75, 3.05) is 20.2 Å². The number of benzene rings is 2. The van der Waals surface area contributed by atoms with Gasteiger partial charge in [0.25, 0.3) is 0 Å². The second-order valence-corrected chi connectivity index (χ2v) is 16.5. The number of aromatic amines is 2. The number of hydrogen-bond acceptors (Lipinski definition) is 10. The number of aromatic nitrogens is 6. The molecule has 2 aliphatic heterocycles. The number of amides is 4. The smallest absolute Gasteiger partial charge is 0.407 e. The molecule has 15 nitrogen and oxygen atoms in total. The highest BCUT2D eigenvalue weighted by Crippen LogP contribution is 2.39. The Labute approximate surface area is 327 Å². The monoisotopic (exact) mass is 778 g/mol. The third-order valence-electron chi connectivity index (χ3n) is 11.0. The molecule has 0 radical (unpaired) electrons. The minimum absolute atomic E-state index is 0.0476. The molecule has 4 atom stereocenters. The number of nitrogens with one attached hydrogen (secondary N) is 4. The predicted molar refractivity (Wildman–Crippen MR) is 214 cm³/mol. The molecular weight excluding hydrogens is 733 g/mol. The Morgan fingerprint density at radius 1 is 0.768 bits per heavy atom. The maximum absolute atomic E-state index is 13.7. The molecule has 6 aromatic rings. The predicted octanol–water partition coefficient (Wildman–Crippen LogP) is 6.13. The second kappa shape index (κ2) is 14.8. The van der Waals surface area contributed by atoms with Crippen molar-refractivity contribution in [1.82, 2.24) is 50.3 Å². The van der Waals surface area contributed by atoms with Crippen LogP contribution in [-0.2, 0) is 19.1 Å². The number of likely N-dealkylation sites (tertiary alicyclic amines) is 2. The van der Waals surface area contributed by atoms with E-state index in [-0.39, 0.29) is 41.6 Å².